The average Bonchev–Trinajstić information content (AvgIpc) is 3.07. The fourth-order valence-corrected chi connectivity index (χ4v) is 5.19. The average molecular weight is 409 g/mol. The zero-order valence-corrected chi connectivity index (χ0v) is 17.2. The van der Waals surface area contributed by atoms with Crippen molar-refractivity contribution < 1.29 is 13.9 Å². The molecule has 0 aromatic heterocycles. The smallest absolute Gasteiger partial charge is 0.410 e. The summed E-state index contributed by atoms with van der Waals surface area (Å²) in [6.45, 7) is 3.55. The molecule has 2 saturated heterocycles. The summed E-state index contributed by atoms with van der Waals surface area (Å²) in [4.78, 5) is 16.7. The lowest BCUT2D eigenvalue weighted by Crippen LogP contribution is -2.42. The Morgan fingerprint density at radius 3 is 2.61 bits per heavy atom. The molecule has 4 rings (SSSR count). The second-order valence-electron chi connectivity index (χ2n) is 8.63. The van der Waals surface area contributed by atoms with Crippen molar-refractivity contribution in [2.24, 2.45) is 5.92 Å². The van der Waals surface area contributed by atoms with Crippen molar-refractivity contribution in [1.29, 1.82) is 0 Å². The fraction of sp³-hybridized carbons (Fsp3) is 0.682. The van der Waals surface area contributed by atoms with E-state index in [1.165, 1.54) is 25.3 Å². The quantitative estimate of drug-likeness (QED) is 0.695. The Labute approximate surface area is 172 Å². The van der Waals surface area contributed by atoms with Crippen LogP contribution in [0, 0.1) is 11.7 Å². The molecule has 0 bridgehead atoms. The number of carbonyl (C=O) groups excluding carboxylic acids is 1. The van der Waals surface area contributed by atoms with Crippen LogP contribution in [0.25, 0.3) is 0 Å². The SMILES string of the molecule is O=C1OC(CN2CCC(Cc3cc(F)ccc3Cl)CC2)CN1C1CCCCC1. The van der Waals surface area contributed by atoms with Crippen LogP contribution in [0.15, 0.2) is 18.2 Å². The van der Waals surface area contributed by atoms with Crippen LogP contribution in [0.2, 0.25) is 5.02 Å². The summed E-state index contributed by atoms with van der Waals surface area (Å²) in [6, 6.07) is 5.00. The van der Waals surface area contributed by atoms with E-state index in [0.29, 0.717) is 17.0 Å². The third kappa shape index (κ3) is 4.80. The van der Waals surface area contributed by atoms with Crippen molar-refractivity contribution >= 4 is 17.7 Å². The van der Waals surface area contributed by atoms with E-state index in [9.17, 15) is 9.18 Å². The van der Waals surface area contributed by atoms with Gasteiger partial charge in [0.1, 0.15) is 11.9 Å². The summed E-state index contributed by atoms with van der Waals surface area (Å²) in [7, 11) is 0. The minimum atomic E-state index is -0.220. The molecule has 0 radical (unpaired) electrons. The molecular formula is C22H30ClFN2O2. The fourth-order valence-electron chi connectivity index (χ4n) is 5.00. The van der Waals surface area contributed by atoms with Gasteiger partial charge in [0.25, 0.3) is 0 Å². The van der Waals surface area contributed by atoms with E-state index in [1.54, 1.807) is 12.1 Å². The highest BCUT2D eigenvalue weighted by Gasteiger charge is 2.37. The maximum atomic E-state index is 13.5. The Bertz CT molecular complexity index is 687. The van der Waals surface area contributed by atoms with Crippen molar-refractivity contribution in [3.8, 4) is 0 Å². The van der Waals surface area contributed by atoms with Gasteiger partial charge in [-0.1, -0.05) is 30.9 Å². The number of cyclic esters (lactones) is 1. The van der Waals surface area contributed by atoms with Gasteiger partial charge in [-0.25, -0.2) is 9.18 Å². The zero-order valence-electron chi connectivity index (χ0n) is 16.4. The number of benzene rings is 1. The molecule has 3 fully saturated rings. The van der Waals surface area contributed by atoms with Crippen molar-refractivity contribution in [3.63, 3.8) is 0 Å². The van der Waals surface area contributed by atoms with Gasteiger partial charge in [-0.15, -0.1) is 0 Å². The number of nitrogens with zero attached hydrogens (tertiary/aromatic N) is 2. The summed E-state index contributed by atoms with van der Waals surface area (Å²) in [5.41, 5.74) is 0.910. The number of halogens is 2. The van der Waals surface area contributed by atoms with Crippen LogP contribution in [-0.4, -0.2) is 54.2 Å². The Morgan fingerprint density at radius 2 is 1.86 bits per heavy atom. The summed E-state index contributed by atoms with van der Waals surface area (Å²) >= 11 is 6.22. The normalized spacial score (nSPS) is 25.3. The first kappa shape index (κ1) is 20.0. The van der Waals surface area contributed by atoms with Crippen LogP contribution in [0.4, 0.5) is 9.18 Å². The first-order chi connectivity index (χ1) is 13.6. The van der Waals surface area contributed by atoms with Crippen LogP contribution in [0.5, 0.6) is 0 Å². The molecule has 6 heteroatoms. The largest absolute Gasteiger partial charge is 0.443 e. The van der Waals surface area contributed by atoms with Gasteiger partial charge < -0.3 is 9.64 Å². The van der Waals surface area contributed by atoms with Gasteiger partial charge in [-0.05, 0) is 74.9 Å². The minimum absolute atomic E-state index is 0.0105. The van der Waals surface area contributed by atoms with Gasteiger partial charge in [0.2, 0.25) is 0 Å². The van der Waals surface area contributed by atoms with Crippen LogP contribution in [0.3, 0.4) is 0 Å². The number of hydrogen-bond acceptors (Lipinski definition) is 3. The van der Waals surface area contributed by atoms with E-state index >= 15 is 0 Å². The number of likely N-dealkylation sites (tertiary alicyclic amines) is 1. The highest BCUT2D eigenvalue weighted by molar-refractivity contribution is 6.31. The molecule has 0 spiro atoms. The number of rotatable bonds is 5. The lowest BCUT2D eigenvalue weighted by atomic mass is 9.90. The molecule has 1 amide bonds. The second kappa shape index (κ2) is 9.00. The van der Waals surface area contributed by atoms with E-state index in [0.717, 1.165) is 63.8 Å². The Balaban J connectivity index is 1.23. The van der Waals surface area contributed by atoms with E-state index < -0.39 is 0 Å². The number of hydrogen-bond donors (Lipinski definition) is 0. The van der Waals surface area contributed by atoms with E-state index in [-0.39, 0.29) is 18.0 Å². The van der Waals surface area contributed by atoms with Gasteiger partial charge >= 0.3 is 6.09 Å². The number of amides is 1. The van der Waals surface area contributed by atoms with E-state index in [4.69, 9.17) is 16.3 Å². The number of piperidine rings is 1. The minimum Gasteiger partial charge on any atom is -0.443 e. The van der Waals surface area contributed by atoms with Gasteiger partial charge in [0, 0.05) is 17.6 Å². The molecule has 1 aromatic carbocycles. The number of ether oxygens (including phenoxy) is 1. The molecule has 0 N–H and O–H groups in total. The van der Waals surface area contributed by atoms with Crippen LogP contribution >= 0.6 is 11.6 Å². The highest BCUT2D eigenvalue weighted by Crippen LogP contribution is 2.29. The molecular weight excluding hydrogens is 379 g/mol. The van der Waals surface area contributed by atoms with Gasteiger partial charge in [0.05, 0.1) is 6.54 Å². The Hall–Kier alpha value is -1.33. The summed E-state index contributed by atoms with van der Waals surface area (Å²) in [5, 5.41) is 0.657. The Morgan fingerprint density at radius 1 is 1.11 bits per heavy atom. The number of carbonyl (C=O) groups is 1. The molecule has 1 aliphatic carbocycles. The zero-order chi connectivity index (χ0) is 19.5. The molecule has 3 aliphatic rings. The maximum Gasteiger partial charge on any atom is 0.410 e. The van der Waals surface area contributed by atoms with E-state index in [1.807, 2.05) is 4.90 Å². The maximum absolute atomic E-state index is 13.5. The van der Waals surface area contributed by atoms with Crippen LogP contribution < -0.4 is 0 Å². The molecule has 2 heterocycles. The predicted molar refractivity (Wildman–Crippen MR) is 108 cm³/mol. The van der Waals surface area contributed by atoms with Crippen molar-refractivity contribution in [2.75, 3.05) is 26.2 Å². The molecule has 1 atom stereocenters. The molecule has 154 valence electrons. The molecule has 1 unspecified atom stereocenters. The van der Waals surface area contributed by atoms with Crippen molar-refractivity contribution in [3.05, 3.63) is 34.6 Å². The monoisotopic (exact) mass is 408 g/mol. The predicted octanol–water partition coefficient (Wildman–Crippen LogP) is 4.89. The summed E-state index contributed by atoms with van der Waals surface area (Å²) in [5.74, 6) is 0.308. The van der Waals surface area contributed by atoms with Gasteiger partial charge in [0.15, 0.2) is 0 Å². The lowest BCUT2D eigenvalue weighted by Gasteiger charge is -2.33. The van der Waals surface area contributed by atoms with Crippen LogP contribution in [0.1, 0.15) is 50.5 Å². The molecule has 1 aromatic rings. The van der Waals surface area contributed by atoms with Gasteiger partial charge in [-0.2, -0.15) is 0 Å². The second-order valence-corrected chi connectivity index (χ2v) is 9.04. The highest BCUT2D eigenvalue weighted by atomic mass is 35.5. The third-order valence-electron chi connectivity index (χ3n) is 6.60. The molecule has 1 saturated carbocycles. The lowest BCUT2D eigenvalue weighted by molar-refractivity contribution is 0.0896. The summed E-state index contributed by atoms with van der Waals surface area (Å²) in [6.07, 6.45) is 8.82. The molecule has 4 nitrogen and oxygen atoms in total. The van der Waals surface area contributed by atoms with Gasteiger partial charge in [-0.3, -0.25) is 4.90 Å². The Kier molecular flexibility index (Phi) is 6.42. The molecule has 28 heavy (non-hydrogen) atoms. The first-order valence-corrected chi connectivity index (χ1v) is 11.1. The third-order valence-corrected chi connectivity index (χ3v) is 6.97. The van der Waals surface area contributed by atoms with Crippen molar-refractivity contribution in [1.82, 2.24) is 9.80 Å². The van der Waals surface area contributed by atoms with Crippen LogP contribution in [-0.2, 0) is 11.2 Å². The summed E-state index contributed by atoms with van der Waals surface area (Å²) < 4.78 is 19.1. The topological polar surface area (TPSA) is 32.8 Å². The standard InChI is InChI=1S/C22H30ClFN2O2/c23-21-7-6-18(24)13-17(21)12-16-8-10-25(11-9-16)14-20-15-26(22(27)28-20)19-4-2-1-3-5-19/h6-7,13,16,19-20H,1-5,8-12,14-15H2. The van der Waals surface area contributed by atoms with E-state index in [2.05, 4.69) is 4.90 Å². The first-order valence-electron chi connectivity index (χ1n) is 10.7. The molecule has 2 aliphatic heterocycles. The van der Waals surface area contributed by atoms with Crippen molar-refractivity contribution in [2.45, 2.75) is 63.5 Å².